The van der Waals surface area contributed by atoms with Gasteiger partial charge in [-0.2, -0.15) is 5.10 Å². The van der Waals surface area contributed by atoms with Crippen molar-refractivity contribution >= 4 is 33.4 Å². The molecule has 3 aromatic rings. The number of carbonyl (C=O) groups is 1. The Labute approximate surface area is 190 Å². The quantitative estimate of drug-likeness (QED) is 0.417. The minimum Gasteiger partial charge on any atom is -0.487 e. The van der Waals surface area contributed by atoms with Crippen molar-refractivity contribution in [3.05, 3.63) is 80.0 Å². The van der Waals surface area contributed by atoms with Crippen molar-refractivity contribution in [1.82, 2.24) is 15.1 Å². The van der Waals surface area contributed by atoms with Crippen LogP contribution in [0.15, 0.2) is 46.9 Å². The molecule has 0 aliphatic heterocycles. The summed E-state index contributed by atoms with van der Waals surface area (Å²) in [6, 6.07) is 13.1. The predicted octanol–water partition coefficient (Wildman–Crippen LogP) is 5.62. The number of aryl methyl sites for hydroxylation is 3. The second-order valence-electron chi connectivity index (χ2n) is 7.24. The van der Waals surface area contributed by atoms with Crippen LogP contribution in [0.3, 0.4) is 0 Å². The summed E-state index contributed by atoms with van der Waals surface area (Å²) in [6.45, 7) is 7.73. The van der Waals surface area contributed by atoms with Crippen molar-refractivity contribution in [2.45, 2.75) is 40.3 Å². The van der Waals surface area contributed by atoms with Gasteiger partial charge in [0.05, 0.1) is 15.2 Å². The van der Waals surface area contributed by atoms with Gasteiger partial charge in [-0.25, -0.2) is 0 Å². The Morgan fingerprint density at radius 1 is 1.17 bits per heavy atom. The number of amides is 1. The lowest BCUT2D eigenvalue weighted by molar-refractivity contribution is 0.0952. The molecule has 1 amide bonds. The van der Waals surface area contributed by atoms with Gasteiger partial charge in [-0.15, -0.1) is 0 Å². The van der Waals surface area contributed by atoms with E-state index in [2.05, 4.69) is 26.3 Å². The summed E-state index contributed by atoms with van der Waals surface area (Å²) in [4.78, 5) is 12.4. The van der Waals surface area contributed by atoms with E-state index >= 15 is 0 Å². The molecule has 3 rings (SSSR count). The first-order chi connectivity index (χ1) is 14.3. The van der Waals surface area contributed by atoms with E-state index in [-0.39, 0.29) is 5.91 Å². The summed E-state index contributed by atoms with van der Waals surface area (Å²) in [7, 11) is 0. The third kappa shape index (κ3) is 5.64. The van der Waals surface area contributed by atoms with Gasteiger partial charge in [-0.05, 0) is 78.5 Å². The van der Waals surface area contributed by atoms with E-state index < -0.39 is 0 Å². The molecule has 0 aliphatic rings. The first-order valence-electron chi connectivity index (χ1n) is 9.80. The van der Waals surface area contributed by atoms with Crippen molar-refractivity contribution < 1.29 is 9.53 Å². The van der Waals surface area contributed by atoms with Gasteiger partial charge in [0.2, 0.25) is 0 Å². The Bertz CT molecular complexity index is 1030. The molecule has 0 fully saturated rings. The molecule has 0 saturated carbocycles. The largest absolute Gasteiger partial charge is 0.487 e. The summed E-state index contributed by atoms with van der Waals surface area (Å²) in [5, 5.41) is 8.03. The Morgan fingerprint density at radius 3 is 2.57 bits per heavy atom. The minimum atomic E-state index is -0.0845. The highest BCUT2D eigenvalue weighted by molar-refractivity contribution is 9.10. The number of benzene rings is 2. The van der Waals surface area contributed by atoms with Crippen LogP contribution >= 0.6 is 27.5 Å². The average Bonchev–Trinajstić information content (AvgIpc) is 2.98. The van der Waals surface area contributed by atoms with Crippen LogP contribution in [0.1, 0.15) is 39.3 Å². The van der Waals surface area contributed by atoms with E-state index in [1.165, 1.54) is 0 Å². The molecule has 2 aromatic carbocycles. The summed E-state index contributed by atoms with van der Waals surface area (Å²) < 4.78 is 8.80. The van der Waals surface area contributed by atoms with Crippen molar-refractivity contribution in [2.24, 2.45) is 0 Å². The number of aromatic nitrogens is 2. The molecule has 0 atom stereocenters. The molecule has 0 unspecified atom stereocenters. The van der Waals surface area contributed by atoms with E-state index in [0.29, 0.717) is 29.5 Å². The summed E-state index contributed by atoms with van der Waals surface area (Å²) in [5.41, 5.74) is 4.76. The Balaban J connectivity index is 1.46. The van der Waals surface area contributed by atoms with Gasteiger partial charge in [-0.3, -0.25) is 9.48 Å². The van der Waals surface area contributed by atoms with Gasteiger partial charge in [0.15, 0.2) is 0 Å². The maximum absolute atomic E-state index is 12.4. The SMILES string of the molecule is Cc1ccc(Cl)c(OCc2ccc(C(=O)NCCCn3nc(C)c(Br)c3C)cc2)c1. The normalized spacial score (nSPS) is 10.8. The molecule has 5 nitrogen and oxygen atoms in total. The maximum atomic E-state index is 12.4. The fraction of sp³-hybridized carbons (Fsp3) is 0.304. The fourth-order valence-electron chi connectivity index (χ4n) is 3.06. The van der Waals surface area contributed by atoms with Crippen LogP contribution in [-0.4, -0.2) is 22.2 Å². The first-order valence-corrected chi connectivity index (χ1v) is 11.0. The van der Waals surface area contributed by atoms with Crippen molar-refractivity contribution in [2.75, 3.05) is 6.54 Å². The molecule has 0 spiro atoms. The van der Waals surface area contributed by atoms with Gasteiger partial charge in [0.1, 0.15) is 12.4 Å². The molecule has 0 radical (unpaired) electrons. The van der Waals surface area contributed by atoms with Crippen molar-refractivity contribution in [3.8, 4) is 5.75 Å². The highest BCUT2D eigenvalue weighted by Crippen LogP contribution is 2.26. The summed E-state index contributed by atoms with van der Waals surface area (Å²) in [6.07, 6.45) is 0.809. The highest BCUT2D eigenvalue weighted by Gasteiger charge is 2.09. The van der Waals surface area contributed by atoms with Gasteiger partial charge in [0, 0.05) is 24.3 Å². The monoisotopic (exact) mass is 489 g/mol. The van der Waals surface area contributed by atoms with Crippen LogP contribution in [0.4, 0.5) is 0 Å². The lowest BCUT2D eigenvalue weighted by atomic mass is 10.1. The van der Waals surface area contributed by atoms with Gasteiger partial charge >= 0.3 is 0 Å². The number of hydrogen-bond donors (Lipinski definition) is 1. The zero-order chi connectivity index (χ0) is 21.7. The number of nitrogens with one attached hydrogen (secondary N) is 1. The van der Waals surface area contributed by atoms with Gasteiger partial charge in [0.25, 0.3) is 5.91 Å². The van der Waals surface area contributed by atoms with Gasteiger partial charge < -0.3 is 10.1 Å². The van der Waals surface area contributed by atoms with E-state index in [0.717, 1.165) is 40.0 Å². The maximum Gasteiger partial charge on any atom is 0.251 e. The molecule has 158 valence electrons. The molecule has 7 heteroatoms. The number of halogens is 2. The molecule has 1 heterocycles. The Hall–Kier alpha value is -2.31. The van der Waals surface area contributed by atoms with E-state index in [4.69, 9.17) is 16.3 Å². The third-order valence-corrected chi connectivity index (χ3v) is 6.28. The molecule has 0 bridgehead atoms. The first kappa shape index (κ1) is 22.4. The molecular weight excluding hydrogens is 466 g/mol. The van der Waals surface area contributed by atoms with Crippen LogP contribution < -0.4 is 10.1 Å². The molecule has 0 aliphatic carbocycles. The number of hydrogen-bond acceptors (Lipinski definition) is 3. The second-order valence-corrected chi connectivity index (χ2v) is 8.44. The highest BCUT2D eigenvalue weighted by atomic mass is 79.9. The van der Waals surface area contributed by atoms with Gasteiger partial charge in [-0.1, -0.05) is 29.8 Å². The third-order valence-electron chi connectivity index (χ3n) is 4.82. The van der Waals surface area contributed by atoms with Crippen LogP contribution in [0.2, 0.25) is 5.02 Å². The second kappa shape index (κ2) is 10.1. The van der Waals surface area contributed by atoms with E-state index in [9.17, 15) is 4.79 Å². The van der Waals surface area contributed by atoms with Crippen molar-refractivity contribution in [3.63, 3.8) is 0 Å². The number of nitrogens with zero attached hydrogens (tertiary/aromatic N) is 2. The zero-order valence-electron chi connectivity index (χ0n) is 17.3. The Morgan fingerprint density at radius 2 is 1.90 bits per heavy atom. The van der Waals surface area contributed by atoms with Crippen LogP contribution in [0.5, 0.6) is 5.75 Å². The molecule has 0 saturated heterocycles. The van der Waals surface area contributed by atoms with Crippen LogP contribution in [0, 0.1) is 20.8 Å². The van der Waals surface area contributed by atoms with E-state index in [1.54, 1.807) is 0 Å². The minimum absolute atomic E-state index is 0.0845. The lowest BCUT2D eigenvalue weighted by Crippen LogP contribution is -2.25. The zero-order valence-corrected chi connectivity index (χ0v) is 19.7. The summed E-state index contributed by atoms with van der Waals surface area (Å²) in [5.74, 6) is 0.576. The number of carbonyl (C=O) groups excluding carboxylic acids is 1. The summed E-state index contributed by atoms with van der Waals surface area (Å²) >= 11 is 9.69. The topological polar surface area (TPSA) is 56.1 Å². The van der Waals surface area contributed by atoms with E-state index in [1.807, 2.05) is 67.9 Å². The molecular formula is C23H25BrClN3O2. The number of rotatable bonds is 8. The fourth-order valence-corrected chi connectivity index (χ4v) is 3.52. The molecule has 30 heavy (non-hydrogen) atoms. The predicted molar refractivity (Wildman–Crippen MR) is 123 cm³/mol. The smallest absolute Gasteiger partial charge is 0.251 e. The Kier molecular flexibility index (Phi) is 7.56. The lowest BCUT2D eigenvalue weighted by Gasteiger charge is -2.10. The average molecular weight is 491 g/mol. The number of ether oxygens (including phenoxy) is 1. The van der Waals surface area contributed by atoms with Crippen LogP contribution in [-0.2, 0) is 13.2 Å². The molecule has 1 N–H and O–H groups in total. The van der Waals surface area contributed by atoms with Crippen LogP contribution in [0.25, 0.3) is 0 Å². The standard InChI is InChI=1S/C23H25BrClN3O2/c1-15-5-10-20(25)21(13-15)30-14-18-6-8-19(9-7-18)23(29)26-11-4-12-28-17(3)22(24)16(2)27-28/h5-10,13H,4,11-12,14H2,1-3H3,(H,26,29). The van der Waals surface area contributed by atoms with Crippen molar-refractivity contribution in [1.29, 1.82) is 0 Å². The molecule has 1 aromatic heterocycles.